The molecule has 0 aliphatic rings. The normalized spacial score (nSPS) is 11.1. The highest BCUT2D eigenvalue weighted by Gasteiger charge is 2.21. The Morgan fingerprint density at radius 3 is 2.47 bits per heavy atom. The highest BCUT2D eigenvalue weighted by molar-refractivity contribution is 7.99. The Labute approximate surface area is 199 Å². The summed E-state index contributed by atoms with van der Waals surface area (Å²) in [6, 6.07) is 16.1. The molecule has 0 fully saturated rings. The van der Waals surface area contributed by atoms with E-state index in [4.69, 9.17) is 0 Å². The number of nitrogens with zero attached hydrogens (tertiary/aromatic N) is 4. The summed E-state index contributed by atoms with van der Waals surface area (Å²) in [7, 11) is 2.91. The first-order chi connectivity index (χ1) is 16.4. The molecule has 1 N–H and O–H groups in total. The molecule has 0 bridgehead atoms. The van der Waals surface area contributed by atoms with Crippen molar-refractivity contribution in [2.45, 2.75) is 18.1 Å². The average molecular weight is 482 g/mol. The number of amides is 1. The second-order valence-electron chi connectivity index (χ2n) is 7.82. The number of benzene rings is 2. The summed E-state index contributed by atoms with van der Waals surface area (Å²) in [5, 5.41) is 3.23. The number of aromatic nitrogens is 4. The topological polar surface area (TPSA) is 90.9 Å². The molecule has 4 aromatic rings. The van der Waals surface area contributed by atoms with E-state index in [0.29, 0.717) is 23.7 Å². The molecular formula is C24H24FN5O3S. The number of nitrogens with one attached hydrogen (secondary N) is 1. The highest BCUT2D eigenvalue weighted by atomic mass is 32.2. The molecule has 0 radical (unpaired) electrons. The van der Waals surface area contributed by atoms with Crippen molar-refractivity contribution in [1.82, 2.24) is 24.0 Å². The van der Waals surface area contributed by atoms with Crippen molar-refractivity contribution < 1.29 is 9.18 Å². The monoisotopic (exact) mass is 481 g/mol. The van der Waals surface area contributed by atoms with Crippen LogP contribution in [0.25, 0.3) is 11.2 Å². The van der Waals surface area contributed by atoms with Crippen molar-refractivity contribution in [1.29, 1.82) is 0 Å². The van der Waals surface area contributed by atoms with Gasteiger partial charge in [-0.1, -0.05) is 60.3 Å². The van der Waals surface area contributed by atoms with Crippen LogP contribution < -0.4 is 16.6 Å². The maximum Gasteiger partial charge on any atom is 0.332 e. The average Bonchev–Trinajstić information content (AvgIpc) is 3.20. The molecule has 2 heterocycles. The van der Waals surface area contributed by atoms with E-state index in [-0.39, 0.29) is 29.4 Å². The van der Waals surface area contributed by atoms with Crippen molar-refractivity contribution in [2.24, 2.45) is 14.1 Å². The van der Waals surface area contributed by atoms with Gasteiger partial charge in [-0.2, -0.15) is 0 Å². The van der Waals surface area contributed by atoms with E-state index in [0.717, 1.165) is 21.9 Å². The Hall–Kier alpha value is -3.66. The van der Waals surface area contributed by atoms with Gasteiger partial charge in [-0.15, -0.1) is 0 Å². The van der Waals surface area contributed by atoms with Gasteiger partial charge >= 0.3 is 5.69 Å². The van der Waals surface area contributed by atoms with E-state index in [1.807, 2.05) is 30.3 Å². The summed E-state index contributed by atoms with van der Waals surface area (Å²) in [6.07, 6.45) is 0.710. The van der Waals surface area contributed by atoms with Gasteiger partial charge in [0.15, 0.2) is 16.3 Å². The van der Waals surface area contributed by atoms with Gasteiger partial charge in [0.05, 0.1) is 12.3 Å². The highest BCUT2D eigenvalue weighted by Crippen LogP contribution is 2.23. The van der Waals surface area contributed by atoms with E-state index in [2.05, 4.69) is 10.3 Å². The fourth-order valence-electron chi connectivity index (χ4n) is 3.65. The molecule has 0 saturated heterocycles. The van der Waals surface area contributed by atoms with E-state index in [9.17, 15) is 18.8 Å². The molecule has 0 spiro atoms. The van der Waals surface area contributed by atoms with Gasteiger partial charge in [-0.3, -0.25) is 18.7 Å². The van der Waals surface area contributed by atoms with Gasteiger partial charge in [0.1, 0.15) is 5.82 Å². The molecule has 0 aliphatic heterocycles. The molecule has 0 saturated carbocycles. The zero-order valence-electron chi connectivity index (χ0n) is 18.8. The second kappa shape index (κ2) is 10.1. The van der Waals surface area contributed by atoms with Gasteiger partial charge < -0.3 is 9.88 Å². The summed E-state index contributed by atoms with van der Waals surface area (Å²) >= 11 is 1.14. The molecule has 34 heavy (non-hydrogen) atoms. The molecule has 2 aromatic carbocycles. The maximum absolute atomic E-state index is 14.4. The van der Waals surface area contributed by atoms with Gasteiger partial charge in [0.25, 0.3) is 5.56 Å². The minimum Gasteiger partial charge on any atom is -0.355 e. The van der Waals surface area contributed by atoms with E-state index < -0.39 is 17.1 Å². The lowest BCUT2D eigenvalue weighted by Crippen LogP contribution is -2.37. The van der Waals surface area contributed by atoms with Crippen LogP contribution in [0.15, 0.2) is 69.3 Å². The lowest BCUT2D eigenvalue weighted by Gasteiger charge is -2.10. The van der Waals surface area contributed by atoms with Gasteiger partial charge in [-0.05, 0) is 18.1 Å². The van der Waals surface area contributed by atoms with Gasteiger partial charge in [-0.25, -0.2) is 14.2 Å². The number of carbonyl (C=O) groups excluding carboxylic acids is 1. The summed E-state index contributed by atoms with van der Waals surface area (Å²) in [4.78, 5) is 42.2. The second-order valence-corrected chi connectivity index (χ2v) is 8.77. The minimum absolute atomic E-state index is 0.0363. The van der Waals surface area contributed by atoms with Crippen molar-refractivity contribution in [3.8, 4) is 0 Å². The largest absolute Gasteiger partial charge is 0.355 e. The number of imidazole rings is 1. The Morgan fingerprint density at radius 2 is 1.74 bits per heavy atom. The number of carbonyl (C=O) groups is 1. The standard InChI is InChI=1S/C24H24FN5O3S/c1-28-21-20(22(32)29(2)24(28)33)30(14-17-10-6-7-11-18(17)25)23(27-21)34-15-19(31)26-13-12-16-8-4-3-5-9-16/h3-11H,12-15H2,1-2H3,(H,26,31). The smallest absolute Gasteiger partial charge is 0.332 e. The molecule has 0 aliphatic carbocycles. The Morgan fingerprint density at radius 1 is 1.03 bits per heavy atom. The zero-order valence-corrected chi connectivity index (χ0v) is 19.6. The van der Waals surface area contributed by atoms with Crippen LogP contribution in [0.2, 0.25) is 0 Å². The number of halogens is 1. The zero-order chi connectivity index (χ0) is 24.2. The molecule has 2 aromatic heterocycles. The van der Waals surface area contributed by atoms with Crippen molar-refractivity contribution in [2.75, 3.05) is 12.3 Å². The molecule has 176 valence electrons. The Balaban J connectivity index is 1.59. The lowest BCUT2D eigenvalue weighted by molar-refractivity contribution is -0.118. The van der Waals surface area contributed by atoms with Crippen molar-refractivity contribution >= 4 is 28.8 Å². The SMILES string of the molecule is Cn1c(=O)c2c(nc(SCC(=O)NCCc3ccccc3)n2Cc2ccccc2F)n(C)c1=O. The van der Waals surface area contributed by atoms with Crippen LogP contribution in [0.1, 0.15) is 11.1 Å². The van der Waals surface area contributed by atoms with Gasteiger partial charge in [0, 0.05) is 26.2 Å². The summed E-state index contributed by atoms with van der Waals surface area (Å²) in [5.41, 5.74) is 0.825. The number of thioether (sulfide) groups is 1. The molecule has 8 nitrogen and oxygen atoms in total. The Kier molecular flexibility index (Phi) is 6.97. The first kappa shape index (κ1) is 23.5. The third-order valence-electron chi connectivity index (χ3n) is 5.51. The maximum atomic E-state index is 14.4. The van der Waals surface area contributed by atoms with Crippen LogP contribution in [0.5, 0.6) is 0 Å². The van der Waals surface area contributed by atoms with E-state index in [1.54, 1.807) is 22.8 Å². The quantitative estimate of drug-likeness (QED) is 0.389. The van der Waals surface area contributed by atoms with Gasteiger partial charge in [0.2, 0.25) is 5.91 Å². The third-order valence-corrected chi connectivity index (χ3v) is 6.49. The van der Waals surface area contributed by atoms with Crippen LogP contribution in [0.3, 0.4) is 0 Å². The predicted molar refractivity (Wildman–Crippen MR) is 130 cm³/mol. The Bertz CT molecular complexity index is 1460. The van der Waals surface area contributed by atoms with Crippen LogP contribution in [-0.2, 0) is 31.9 Å². The summed E-state index contributed by atoms with van der Waals surface area (Å²) in [5.74, 6) is -0.545. The number of fused-ring (bicyclic) bond motifs is 1. The number of hydrogen-bond acceptors (Lipinski definition) is 5. The molecule has 10 heteroatoms. The fourth-order valence-corrected chi connectivity index (χ4v) is 4.48. The lowest BCUT2D eigenvalue weighted by atomic mass is 10.1. The number of aryl methyl sites for hydroxylation is 1. The summed E-state index contributed by atoms with van der Waals surface area (Å²) < 4.78 is 18.2. The molecule has 0 atom stereocenters. The first-order valence-corrected chi connectivity index (χ1v) is 11.7. The molecular weight excluding hydrogens is 457 g/mol. The fraction of sp³-hybridized carbons (Fsp3) is 0.250. The molecule has 0 unspecified atom stereocenters. The van der Waals surface area contributed by atoms with E-state index >= 15 is 0 Å². The van der Waals surface area contributed by atoms with E-state index in [1.165, 1.54) is 24.7 Å². The predicted octanol–water partition coefficient (Wildman–Crippen LogP) is 2.07. The molecule has 1 amide bonds. The number of rotatable bonds is 8. The van der Waals surface area contributed by atoms with Crippen molar-refractivity contribution in [3.63, 3.8) is 0 Å². The number of hydrogen-bond donors (Lipinski definition) is 1. The first-order valence-electron chi connectivity index (χ1n) is 10.7. The van der Waals surface area contributed by atoms with Crippen molar-refractivity contribution in [3.05, 3.63) is 92.4 Å². The molecule has 4 rings (SSSR count). The summed E-state index contributed by atoms with van der Waals surface area (Å²) in [6.45, 7) is 0.526. The minimum atomic E-state index is -0.527. The van der Waals surface area contributed by atoms with Crippen LogP contribution >= 0.6 is 11.8 Å². The van der Waals surface area contributed by atoms with Crippen LogP contribution in [0, 0.1) is 5.82 Å². The third kappa shape index (κ3) is 4.81. The van der Waals surface area contributed by atoms with Crippen LogP contribution in [0.4, 0.5) is 4.39 Å². The van der Waals surface area contributed by atoms with Crippen LogP contribution in [-0.4, -0.2) is 36.9 Å².